The van der Waals surface area contributed by atoms with E-state index in [1.54, 1.807) is 23.1 Å². The van der Waals surface area contributed by atoms with Crippen LogP contribution in [0.2, 0.25) is 0 Å². The maximum Gasteiger partial charge on any atom is 0.331 e. The van der Waals surface area contributed by atoms with Gasteiger partial charge in [0.2, 0.25) is 0 Å². The highest BCUT2D eigenvalue weighted by Gasteiger charge is 2.16. The Morgan fingerprint density at radius 1 is 0.893 bits per heavy atom. The number of methoxy groups -OCH3 is 3. The third kappa shape index (κ3) is 6.18. The van der Waals surface area contributed by atoms with Gasteiger partial charge >= 0.3 is 5.97 Å². The van der Waals surface area contributed by atoms with Crippen molar-refractivity contribution in [2.24, 2.45) is 0 Å². The number of hydrogen-bond donors (Lipinski definition) is 0. The number of carbonyl (C=O) groups is 2. The standard InChI is InChI=1S/C21H29NO6/c1-25-17-14-19(27-3)18(26-2)13-16(17)9-10-21(24)28-15-20(23)22-11-7-5-4-6-8-12-22/h9-10,13-14H,4-8,11-12,15H2,1-3H3/b10-9+. The van der Waals surface area contributed by atoms with Crippen molar-refractivity contribution in [3.05, 3.63) is 23.8 Å². The van der Waals surface area contributed by atoms with Crippen LogP contribution >= 0.6 is 0 Å². The lowest BCUT2D eigenvalue weighted by molar-refractivity contribution is -0.148. The molecule has 1 aliphatic rings. The van der Waals surface area contributed by atoms with Gasteiger partial charge in [-0.3, -0.25) is 4.79 Å². The summed E-state index contributed by atoms with van der Waals surface area (Å²) in [7, 11) is 4.59. The summed E-state index contributed by atoms with van der Waals surface area (Å²) in [6.45, 7) is 1.22. The first kappa shape index (κ1) is 21.6. The topological polar surface area (TPSA) is 74.3 Å². The Labute approximate surface area is 166 Å². The Bertz CT molecular complexity index is 692. The molecule has 1 amide bonds. The Hall–Kier alpha value is -2.70. The van der Waals surface area contributed by atoms with Crippen molar-refractivity contribution in [3.63, 3.8) is 0 Å². The van der Waals surface area contributed by atoms with Gasteiger partial charge in [-0.05, 0) is 25.0 Å². The zero-order valence-electron chi connectivity index (χ0n) is 16.9. The van der Waals surface area contributed by atoms with Gasteiger partial charge in [0.05, 0.1) is 21.3 Å². The first-order valence-electron chi connectivity index (χ1n) is 9.51. The van der Waals surface area contributed by atoms with E-state index in [-0.39, 0.29) is 12.5 Å². The largest absolute Gasteiger partial charge is 0.496 e. The molecular formula is C21H29NO6. The van der Waals surface area contributed by atoms with E-state index in [1.807, 2.05) is 0 Å². The average molecular weight is 391 g/mol. The summed E-state index contributed by atoms with van der Waals surface area (Å²) in [5.41, 5.74) is 0.632. The molecule has 1 aromatic rings. The van der Waals surface area contributed by atoms with Gasteiger partial charge in [0.25, 0.3) is 5.91 Å². The third-order valence-corrected chi connectivity index (χ3v) is 4.68. The molecule has 1 aromatic carbocycles. The summed E-state index contributed by atoms with van der Waals surface area (Å²) in [4.78, 5) is 26.1. The number of likely N-dealkylation sites (tertiary alicyclic amines) is 1. The fourth-order valence-corrected chi connectivity index (χ4v) is 3.11. The van der Waals surface area contributed by atoms with E-state index >= 15 is 0 Å². The molecule has 0 spiro atoms. The Balaban J connectivity index is 1.94. The molecule has 154 valence electrons. The molecular weight excluding hydrogens is 362 g/mol. The molecule has 0 bridgehead atoms. The summed E-state index contributed by atoms with van der Waals surface area (Å²) in [5.74, 6) is 0.837. The lowest BCUT2D eigenvalue weighted by atomic mass is 10.1. The monoisotopic (exact) mass is 391 g/mol. The van der Waals surface area contributed by atoms with Gasteiger partial charge in [-0.25, -0.2) is 4.79 Å². The fourth-order valence-electron chi connectivity index (χ4n) is 3.11. The van der Waals surface area contributed by atoms with Gasteiger partial charge in [-0.2, -0.15) is 0 Å². The molecule has 2 rings (SSSR count). The molecule has 0 atom stereocenters. The SMILES string of the molecule is COc1cc(OC)c(OC)cc1/C=C/C(=O)OCC(=O)N1CCCCCCC1. The van der Waals surface area contributed by atoms with E-state index in [1.165, 1.54) is 33.8 Å². The minimum absolute atomic E-state index is 0.146. The van der Waals surface area contributed by atoms with Crippen LogP contribution < -0.4 is 14.2 Å². The van der Waals surface area contributed by atoms with Crippen LogP contribution in [0.5, 0.6) is 17.2 Å². The molecule has 0 radical (unpaired) electrons. The third-order valence-electron chi connectivity index (χ3n) is 4.68. The van der Waals surface area contributed by atoms with Crippen LogP contribution in [0.25, 0.3) is 6.08 Å². The van der Waals surface area contributed by atoms with Crippen LogP contribution in [0.3, 0.4) is 0 Å². The van der Waals surface area contributed by atoms with E-state index in [0.29, 0.717) is 22.8 Å². The van der Waals surface area contributed by atoms with Gasteiger partial charge in [0, 0.05) is 30.8 Å². The highest BCUT2D eigenvalue weighted by molar-refractivity contribution is 5.90. The molecule has 0 aromatic heterocycles. The molecule has 7 nitrogen and oxygen atoms in total. The molecule has 0 aliphatic carbocycles. The number of hydrogen-bond acceptors (Lipinski definition) is 6. The summed E-state index contributed by atoms with van der Waals surface area (Å²) < 4.78 is 20.9. The first-order valence-corrected chi connectivity index (χ1v) is 9.51. The average Bonchev–Trinajstić information content (AvgIpc) is 2.69. The molecule has 1 aliphatic heterocycles. The zero-order valence-corrected chi connectivity index (χ0v) is 16.9. The number of carbonyl (C=O) groups excluding carboxylic acids is 2. The van der Waals surface area contributed by atoms with Crippen LogP contribution in [-0.2, 0) is 14.3 Å². The van der Waals surface area contributed by atoms with Crippen LogP contribution in [-0.4, -0.2) is 57.8 Å². The Kier molecular flexibility index (Phi) is 8.65. The lowest BCUT2D eigenvalue weighted by Crippen LogP contribution is -2.36. The second-order valence-corrected chi connectivity index (χ2v) is 6.54. The summed E-state index contributed by atoms with van der Waals surface area (Å²) in [5, 5.41) is 0. The molecule has 1 fully saturated rings. The van der Waals surface area contributed by atoms with E-state index in [2.05, 4.69) is 0 Å². The highest BCUT2D eigenvalue weighted by Crippen LogP contribution is 2.35. The number of nitrogens with zero attached hydrogens (tertiary/aromatic N) is 1. The molecule has 1 saturated heterocycles. The van der Waals surface area contributed by atoms with Gasteiger partial charge in [-0.1, -0.05) is 19.3 Å². The van der Waals surface area contributed by atoms with E-state index in [0.717, 1.165) is 38.8 Å². The maximum absolute atomic E-state index is 12.3. The van der Waals surface area contributed by atoms with Crippen molar-refractivity contribution in [3.8, 4) is 17.2 Å². The predicted molar refractivity (Wildman–Crippen MR) is 106 cm³/mol. The Morgan fingerprint density at radius 2 is 1.46 bits per heavy atom. The van der Waals surface area contributed by atoms with Crippen LogP contribution in [0.1, 0.15) is 37.7 Å². The number of benzene rings is 1. The minimum atomic E-state index is -0.586. The molecule has 7 heteroatoms. The van der Waals surface area contributed by atoms with Gasteiger partial charge < -0.3 is 23.8 Å². The van der Waals surface area contributed by atoms with Crippen molar-refractivity contribution in [2.75, 3.05) is 41.0 Å². The molecule has 0 unspecified atom stereocenters. The number of esters is 1. The van der Waals surface area contributed by atoms with Gasteiger partial charge in [0.15, 0.2) is 18.1 Å². The van der Waals surface area contributed by atoms with E-state index in [9.17, 15) is 9.59 Å². The summed E-state index contributed by atoms with van der Waals surface area (Å²) in [6, 6.07) is 3.38. The highest BCUT2D eigenvalue weighted by atomic mass is 16.5. The smallest absolute Gasteiger partial charge is 0.331 e. The molecule has 28 heavy (non-hydrogen) atoms. The van der Waals surface area contributed by atoms with Crippen LogP contribution in [0.15, 0.2) is 18.2 Å². The zero-order chi connectivity index (χ0) is 20.4. The second kappa shape index (κ2) is 11.2. The van der Waals surface area contributed by atoms with Crippen molar-refractivity contribution in [2.45, 2.75) is 32.1 Å². The fraction of sp³-hybridized carbons (Fsp3) is 0.524. The Morgan fingerprint density at radius 3 is 2.07 bits per heavy atom. The first-order chi connectivity index (χ1) is 13.6. The van der Waals surface area contributed by atoms with E-state index < -0.39 is 5.97 Å². The van der Waals surface area contributed by atoms with Gasteiger partial charge in [-0.15, -0.1) is 0 Å². The second-order valence-electron chi connectivity index (χ2n) is 6.54. The van der Waals surface area contributed by atoms with Crippen LogP contribution in [0, 0.1) is 0 Å². The predicted octanol–water partition coefficient (Wildman–Crippen LogP) is 3.06. The summed E-state index contributed by atoms with van der Waals surface area (Å²) in [6.07, 6.45) is 8.33. The quantitative estimate of drug-likeness (QED) is 0.525. The van der Waals surface area contributed by atoms with Crippen molar-refractivity contribution in [1.29, 1.82) is 0 Å². The number of ether oxygens (including phenoxy) is 4. The molecule has 0 N–H and O–H groups in total. The number of rotatable bonds is 7. The summed E-state index contributed by atoms with van der Waals surface area (Å²) >= 11 is 0. The number of amides is 1. The van der Waals surface area contributed by atoms with Crippen molar-refractivity contribution >= 4 is 18.0 Å². The maximum atomic E-state index is 12.3. The van der Waals surface area contributed by atoms with Crippen molar-refractivity contribution in [1.82, 2.24) is 4.90 Å². The molecule has 1 heterocycles. The minimum Gasteiger partial charge on any atom is -0.496 e. The van der Waals surface area contributed by atoms with Crippen molar-refractivity contribution < 1.29 is 28.5 Å². The lowest BCUT2D eigenvalue weighted by Gasteiger charge is -2.24. The van der Waals surface area contributed by atoms with Crippen LogP contribution in [0.4, 0.5) is 0 Å². The van der Waals surface area contributed by atoms with E-state index in [4.69, 9.17) is 18.9 Å². The normalized spacial score (nSPS) is 14.9. The molecule has 0 saturated carbocycles. The van der Waals surface area contributed by atoms with Gasteiger partial charge in [0.1, 0.15) is 5.75 Å².